The average molecular weight is 229 g/mol. The van der Waals surface area contributed by atoms with Crippen LogP contribution in [0.2, 0.25) is 0 Å². The molecule has 0 bridgehead atoms. The van der Waals surface area contributed by atoms with E-state index < -0.39 is 18.0 Å². The Labute approximate surface area is 92.8 Å². The molecule has 90 valence electrons. The molecule has 0 saturated carbocycles. The smallest absolute Gasteiger partial charge is 0.323 e. The van der Waals surface area contributed by atoms with E-state index >= 15 is 0 Å². The van der Waals surface area contributed by atoms with E-state index in [0.29, 0.717) is 19.4 Å². The summed E-state index contributed by atoms with van der Waals surface area (Å²) in [6.45, 7) is 0.0780. The molecular formula is C9H15N3O4. The van der Waals surface area contributed by atoms with Gasteiger partial charge in [0.05, 0.1) is 0 Å². The van der Waals surface area contributed by atoms with Crippen molar-refractivity contribution >= 4 is 17.9 Å². The number of carboxylic acids is 1. The Morgan fingerprint density at radius 1 is 1.50 bits per heavy atom. The van der Waals surface area contributed by atoms with E-state index in [2.05, 4.69) is 0 Å². The third-order valence-electron chi connectivity index (χ3n) is 2.57. The van der Waals surface area contributed by atoms with Crippen LogP contribution in [0.3, 0.4) is 0 Å². The van der Waals surface area contributed by atoms with Crippen molar-refractivity contribution in [2.45, 2.75) is 18.9 Å². The molecule has 1 atom stereocenters. The molecule has 0 radical (unpaired) electrons. The molecule has 0 aromatic heterocycles. The fourth-order valence-electron chi connectivity index (χ4n) is 1.82. The summed E-state index contributed by atoms with van der Waals surface area (Å²) in [6, 6.07) is -1.25. The summed E-state index contributed by atoms with van der Waals surface area (Å²) < 4.78 is 0. The first-order valence-corrected chi connectivity index (χ1v) is 4.96. The maximum absolute atomic E-state index is 11.8. The number of amides is 3. The van der Waals surface area contributed by atoms with Gasteiger partial charge in [0.1, 0.15) is 12.6 Å². The van der Waals surface area contributed by atoms with Gasteiger partial charge in [0, 0.05) is 13.6 Å². The molecule has 0 unspecified atom stereocenters. The summed E-state index contributed by atoms with van der Waals surface area (Å²) >= 11 is 0. The number of aliphatic carboxylic acids is 1. The molecule has 0 aromatic rings. The Kier molecular flexibility index (Phi) is 3.70. The van der Waals surface area contributed by atoms with Crippen molar-refractivity contribution < 1.29 is 19.5 Å². The topological polar surface area (TPSA) is 104 Å². The Morgan fingerprint density at radius 3 is 2.62 bits per heavy atom. The molecule has 7 nitrogen and oxygen atoms in total. The van der Waals surface area contributed by atoms with Crippen LogP contribution < -0.4 is 5.73 Å². The molecule has 1 fully saturated rings. The number of primary amides is 1. The van der Waals surface area contributed by atoms with E-state index in [0.717, 1.165) is 4.90 Å². The Bertz CT molecular complexity index is 318. The molecule has 16 heavy (non-hydrogen) atoms. The number of carbonyl (C=O) groups is 3. The van der Waals surface area contributed by atoms with Crippen LogP contribution in [0.5, 0.6) is 0 Å². The quantitative estimate of drug-likeness (QED) is 0.652. The number of nitrogens with two attached hydrogens (primary N) is 1. The second kappa shape index (κ2) is 4.82. The van der Waals surface area contributed by atoms with Crippen LogP contribution in [0.1, 0.15) is 12.8 Å². The molecule has 1 heterocycles. The van der Waals surface area contributed by atoms with Crippen molar-refractivity contribution in [2.75, 3.05) is 20.1 Å². The van der Waals surface area contributed by atoms with Gasteiger partial charge in [-0.2, -0.15) is 0 Å². The molecule has 0 aromatic carbocycles. The Hall–Kier alpha value is -1.79. The summed E-state index contributed by atoms with van der Waals surface area (Å²) in [4.78, 5) is 35.6. The van der Waals surface area contributed by atoms with Crippen LogP contribution in [-0.4, -0.2) is 59.0 Å². The van der Waals surface area contributed by atoms with Crippen LogP contribution in [-0.2, 0) is 9.59 Å². The van der Waals surface area contributed by atoms with E-state index in [-0.39, 0.29) is 12.5 Å². The molecule has 1 aliphatic heterocycles. The van der Waals surface area contributed by atoms with Crippen molar-refractivity contribution in [1.29, 1.82) is 0 Å². The fraction of sp³-hybridized carbons (Fsp3) is 0.667. The van der Waals surface area contributed by atoms with E-state index in [9.17, 15) is 14.4 Å². The molecular weight excluding hydrogens is 214 g/mol. The van der Waals surface area contributed by atoms with Gasteiger partial charge in [-0.15, -0.1) is 0 Å². The Morgan fingerprint density at radius 2 is 2.12 bits per heavy atom. The van der Waals surface area contributed by atoms with Gasteiger partial charge < -0.3 is 20.6 Å². The zero-order valence-electron chi connectivity index (χ0n) is 9.05. The summed E-state index contributed by atoms with van der Waals surface area (Å²) in [5.74, 6) is -1.46. The van der Waals surface area contributed by atoms with E-state index in [1.807, 2.05) is 0 Å². The van der Waals surface area contributed by atoms with Crippen molar-refractivity contribution in [2.24, 2.45) is 5.73 Å². The fourth-order valence-corrected chi connectivity index (χ4v) is 1.82. The van der Waals surface area contributed by atoms with Gasteiger partial charge >= 0.3 is 12.0 Å². The molecule has 0 aliphatic carbocycles. The lowest BCUT2D eigenvalue weighted by Gasteiger charge is -2.25. The first kappa shape index (κ1) is 12.3. The largest absolute Gasteiger partial charge is 0.480 e. The zero-order valence-corrected chi connectivity index (χ0v) is 9.05. The number of likely N-dealkylation sites (tertiary alicyclic amines) is 1. The first-order valence-electron chi connectivity index (χ1n) is 4.96. The van der Waals surface area contributed by atoms with Crippen molar-refractivity contribution in [3.63, 3.8) is 0 Å². The number of hydrogen-bond donors (Lipinski definition) is 2. The standard InChI is InChI=1S/C9H15N3O4/c1-11(5-7(13)14)8(15)6-3-2-4-12(6)9(10)16/h6H,2-5H2,1H3,(H2,10,16)(H,13,14)/t6-/m0/s1. The van der Waals surface area contributed by atoms with Gasteiger partial charge in [0.15, 0.2) is 0 Å². The normalized spacial score (nSPS) is 19.6. The molecule has 3 amide bonds. The zero-order chi connectivity index (χ0) is 12.3. The van der Waals surface area contributed by atoms with E-state index in [4.69, 9.17) is 10.8 Å². The van der Waals surface area contributed by atoms with Crippen LogP contribution in [0.4, 0.5) is 4.79 Å². The van der Waals surface area contributed by atoms with Crippen LogP contribution in [0.25, 0.3) is 0 Å². The van der Waals surface area contributed by atoms with E-state index in [1.54, 1.807) is 0 Å². The van der Waals surface area contributed by atoms with Crippen LogP contribution in [0.15, 0.2) is 0 Å². The summed E-state index contributed by atoms with van der Waals surface area (Å²) in [5, 5.41) is 8.55. The molecule has 1 saturated heterocycles. The minimum absolute atomic E-state index is 0.373. The highest BCUT2D eigenvalue weighted by Crippen LogP contribution is 2.18. The highest BCUT2D eigenvalue weighted by atomic mass is 16.4. The first-order chi connectivity index (χ1) is 7.43. The van der Waals surface area contributed by atoms with Crippen LogP contribution >= 0.6 is 0 Å². The lowest BCUT2D eigenvalue weighted by Crippen LogP contribution is -2.49. The second-order valence-electron chi connectivity index (χ2n) is 3.78. The van der Waals surface area contributed by atoms with Crippen LogP contribution in [0, 0.1) is 0 Å². The number of hydrogen-bond acceptors (Lipinski definition) is 3. The van der Waals surface area contributed by atoms with Gasteiger partial charge in [0.2, 0.25) is 5.91 Å². The summed E-state index contributed by atoms with van der Waals surface area (Å²) in [5.41, 5.74) is 5.13. The number of rotatable bonds is 3. The molecule has 1 rings (SSSR count). The SMILES string of the molecule is CN(CC(=O)O)C(=O)[C@@H]1CCCN1C(N)=O. The van der Waals surface area contributed by atoms with E-state index in [1.165, 1.54) is 11.9 Å². The molecule has 7 heteroatoms. The Balaban J connectivity index is 2.65. The second-order valence-corrected chi connectivity index (χ2v) is 3.78. The maximum atomic E-state index is 11.8. The van der Waals surface area contributed by atoms with Crippen molar-refractivity contribution in [3.05, 3.63) is 0 Å². The molecule has 1 aliphatic rings. The minimum atomic E-state index is -1.08. The maximum Gasteiger partial charge on any atom is 0.323 e. The summed E-state index contributed by atoms with van der Waals surface area (Å²) in [7, 11) is 1.40. The third-order valence-corrected chi connectivity index (χ3v) is 2.57. The lowest BCUT2D eigenvalue weighted by molar-refractivity contribution is -0.144. The number of likely N-dealkylation sites (N-methyl/N-ethyl adjacent to an activating group) is 1. The number of carboxylic acid groups (broad SMARTS) is 1. The van der Waals surface area contributed by atoms with Gasteiger partial charge in [0.25, 0.3) is 0 Å². The molecule has 0 spiro atoms. The van der Waals surface area contributed by atoms with Crippen molar-refractivity contribution in [3.8, 4) is 0 Å². The highest BCUT2D eigenvalue weighted by Gasteiger charge is 2.34. The predicted octanol–water partition coefficient (Wildman–Crippen LogP) is -0.927. The lowest BCUT2D eigenvalue weighted by atomic mass is 10.2. The predicted molar refractivity (Wildman–Crippen MR) is 54.6 cm³/mol. The average Bonchev–Trinajstić information content (AvgIpc) is 2.63. The minimum Gasteiger partial charge on any atom is -0.480 e. The highest BCUT2D eigenvalue weighted by molar-refractivity contribution is 5.89. The number of urea groups is 1. The summed E-state index contributed by atoms with van der Waals surface area (Å²) in [6.07, 6.45) is 1.24. The number of nitrogens with zero attached hydrogens (tertiary/aromatic N) is 2. The third kappa shape index (κ3) is 2.62. The monoisotopic (exact) mass is 229 g/mol. The van der Waals surface area contributed by atoms with Crippen molar-refractivity contribution in [1.82, 2.24) is 9.80 Å². The van der Waals surface area contributed by atoms with Gasteiger partial charge in [-0.25, -0.2) is 4.79 Å². The molecule has 3 N–H and O–H groups in total. The van der Waals surface area contributed by atoms with Gasteiger partial charge in [-0.3, -0.25) is 9.59 Å². The van der Waals surface area contributed by atoms with Gasteiger partial charge in [-0.05, 0) is 12.8 Å². The number of carbonyl (C=O) groups excluding carboxylic acids is 2. The van der Waals surface area contributed by atoms with Gasteiger partial charge in [-0.1, -0.05) is 0 Å².